The van der Waals surface area contributed by atoms with Gasteiger partial charge in [-0.1, -0.05) is 11.6 Å². The molecule has 0 bridgehead atoms. The maximum atomic E-state index is 12.3. The lowest BCUT2D eigenvalue weighted by molar-refractivity contribution is -0.125. The van der Waals surface area contributed by atoms with Gasteiger partial charge in [-0.05, 0) is 36.4 Å². The van der Waals surface area contributed by atoms with E-state index in [1.807, 2.05) is 24.3 Å². The molecule has 9 nitrogen and oxygen atoms in total. The Labute approximate surface area is 192 Å². The molecule has 1 aliphatic heterocycles. The molecule has 0 saturated carbocycles. The van der Waals surface area contributed by atoms with Crippen molar-refractivity contribution >= 4 is 52.2 Å². The van der Waals surface area contributed by atoms with Gasteiger partial charge in [-0.25, -0.2) is 4.68 Å². The van der Waals surface area contributed by atoms with E-state index in [0.29, 0.717) is 33.7 Å². The Kier molecular flexibility index (Phi) is 6.54. The third kappa shape index (κ3) is 4.98. The molecule has 4 rings (SSSR count). The van der Waals surface area contributed by atoms with E-state index >= 15 is 0 Å². The summed E-state index contributed by atoms with van der Waals surface area (Å²) in [6.07, 6.45) is 1.74. The van der Waals surface area contributed by atoms with Crippen LogP contribution in [0.25, 0.3) is 5.69 Å². The van der Waals surface area contributed by atoms with Crippen molar-refractivity contribution in [2.24, 2.45) is 0 Å². The highest BCUT2D eigenvalue weighted by Crippen LogP contribution is 2.23. The lowest BCUT2D eigenvalue weighted by atomic mass is 10.2. The molecule has 32 heavy (non-hydrogen) atoms. The molecule has 1 aromatic carbocycles. The second-order valence-corrected chi connectivity index (χ2v) is 8.74. The molecule has 0 atom stereocenters. The summed E-state index contributed by atoms with van der Waals surface area (Å²) in [6.45, 7) is 2.65. The largest absolute Gasteiger partial charge is 0.370 e. The number of ether oxygens (including phenoxy) is 1. The summed E-state index contributed by atoms with van der Waals surface area (Å²) in [5, 5.41) is 9.96. The van der Waals surface area contributed by atoms with Crippen LogP contribution < -0.4 is 15.5 Å². The first-order chi connectivity index (χ1) is 15.4. The van der Waals surface area contributed by atoms with Crippen molar-refractivity contribution < 1.29 is 19.1 Å². The third-order valence-corrected chi connectivity index (χ3v) is 5.96. The van der Waals surface area contributed by atoms with Crippen LogP contribution in [-0.4, -0.2) is 47.3 Å². The van der Waals surface area contributed by atoms with E-state index in [4.69, 9.17) is 16.3 Å². The molecule has 3 aromatic rings. The highest BCUT2D eigenvalue weighted by atomic mass is 35.5. The highest BCUT2D eigenvalue weighted by Gasteiger charge is 2.20. The van der Waals surface area contributed by atoms with Gasteiger partial charge in [-0.2, -0.15) is 0 Å². The van der Waals surface area contributed by atoms with E-state index in [9.17, 15) is 14.4 Å². The van der Waals surface area contributed by atoms with Gasteiger partial charge < -0.3 is 20.3 Å². The first-order valence-corrected chi connectivity index (χ1v) is 11.0. The fourth-order valence-corrected chi connectivity index (χ4v) is 4.18. The zero-order valence-electron chi connectivity index (χ0n) is 17.1. The minimum absolute atomic E-state index is 0.0771. The fourth-order valence-electron chi connectivity index (χ4n) is 3.22. The number of benzene rings is 1. The van der Waals surface area contributed by atoms with Gasteiger partial charge in [-0.15, -0.1) is 16.4 Å². The van der Waals surface area contributed by atoms with Gasteiger partial charge in [-0.3, -0.25) is 14.4 Å². The lowest BCUT2D eigenvalue weighted by Crippen LogP contribution is -2.41. The molecule has 3 heterocycles. The lowest BCUT2D eigenvalue weighted by Gasteiger charge is -2.26. The van der Waals surface area contributed by atoms with Crippen LogP contribution in [-0.2, 0) is 20.9 Å². The Balaban J connectivity index is 1.52. The van der Waals surface area contributed by atoms with Crippen LogP contribution in [0.2, 0.25) is 4.34 Å². The van der Waals surface area contributed by atoms with Crippen LogP contribution in [0.3, 0.4) is 0 Å². The first-order valence-electron chi connectivity index (χ1n) is 9.79. The van der Waals surface area contributed by atoms with Gasteiger partial charge >= 0.3 is 0 Å². The number of aromatic nitrogens is 2. The average molecular weight is 474 g/mol. The summed E-state index contributed by atoms with van der Waals surface area (Å²) < 4.78 is 7.31. The molecule has 0 unspecified atom stereocenters. The number of amides is 3. The maximum Gasteiger partial charge on any atom is 0.261 e. The van der Waals surface area contributed by atoms with Gasteiger partial charge in [0.25, 0.3) is 11.8 Å². The number of hydrogen-bond acceptors (Lipinski definition) is 6. The number of rotatable bonds is 6. The summed E-state index contributed by atoms with van der Waals surface area (Å²) in [5.74, 6) is -0.257. The number of hydrogen-bond donors (Lipinski definition) is 2. The van der Waals surface area contributed by atoms with Crippen LogP contribution in [0.5, 0.6) is 0 Å². The molecule has 0 aliphatic carbocycles. The van der Waals surface area contributed by atoms with Gasteiger partial charge in [0.05, 0.1) is 21.5 Å². The van der Waals surface area contributed by atoms with Crippen molar-refractivity contribution in [3.05, 3.63) is 57.4 Å². The van der Waals surface area contributed by atoms with E-state index in [0.717, 1.165) is 11.4 Å². The Hall–Kier alpha value is -3.21. The van der Waals surface area contributed by atoms with Crippen LogP contribution in [0.15, 0.2) is 42.6 Å². The molecule has 1 saturated heterocycles. The minimum Gasteiger partial charge on any atom is -0.370 e. The Bertz CT molecular complexity index is 1160. The second kappa shape index (κ2) is 9.51. The van der Waals surface area contributed by atoms with Crippen LogP contribution in [0.4, 0.5) is 11.5 Å². The first kappa shape index (κ1) is 22.0. The molecule has 0 radical (unpaired) electrons. The van der Waals surface area contributed by atoms with Crippen molar-refractivity contribution in [2.75, 3.05) is 30.0 Å². The maximum absolute atomic E-state index is 12.3. The molecule has 166 valence electrons. The summed E-state index contributed by atoms with van der Waals surface area (Å²) in [6, 6.07) is 10.6. The standard InChI is InChI=1S/C21H20ClN5O4S/c1-13(28)24-20-14(10-23-21(30)17-6-7-18(22)32-17)11-27(25-20)16-4-2-15(3-5-16)26-8-9-31-12-19(26)29/h2-7,11H,8-10,12H2,1H3,(H,23,30)(H,24,25,28). The number of nitrogens with one attached hydrogen (secondary N) is 2. The number of carbonyl (C=O) groups is 3. The Morgan fingerprint density at radius 1 is 1.19 bits per heavy atom. The molecule has 2 aromatic heterocycles. The predicted octanol–water partition coefficient (Wildman–Crippen LogP) is 2.84. The van der Waals surface area contributed by atoms with Crippen molar-refractivity contribution in [3.63, 3.8) is 0 Å². The number of halogens is 1. The van der Waals surface area contributed by atoms with E-state index in [1.54, 1.807) is 27.9 Å². The van der Waals surface area contributed by atoms with E-state index < -0.39 is 0 Å². The normalized spacial score (nSPS) is 13.8. The van der Waals surface area contributed by atoms with Crippen molar-refractivity contribution in [2.45, 2.75) is 13.5 Å². The van der Waals surface area contributed by atoms with E-state index in [1.165, 1.54) is 18.3 Å². The zero-order chi connectivity index (χ0) is 22.7. The summed E-state index contributed by atoms with van der Waals surface area (Å²) in [5.41, 5.74) is 2.16. The van der Waals surface area contributed by atoms with Crippen molar-refractivity contribution in [1.82, 2.24) is 15.1 Å². The molecular weight excluding hydrogens is 454 g/mol. The monoisotopic (exact) mass is 473 g/mol. The summed E-state index contributed by atoms with van der Waals surface area (Å²) >= 11 is 7.08. The minimum atomic E-state index is -0.269. The topological polar surface area (TPSA) is 106 Å². The summed E-state index contributed by atoms with van der Waals surface area (Å²) in [4.78, 5) is 38.2. The number of thiophene rings is 1. The molecule has 0 spiro atoms. The highest BCUT2D eigenvalue weighted by molar-refractivity contribution is 7.18. The SMILES string of the molecule is CC(=O)Nc1nn(-c2ccc(N3CCOCC3=O)cc2)cc1CNC(=O)c1ccc(Cl)s1. The van der Waals surface area contributed by atoms with Crippen LogP contribution in [0.1, 0.15) is 22.2 Å². The average Bonchev–Trinajstić information content (AvgIpc) is 3.38. The van der Waals surface area contributed by atoms with Gasteiger partial charge in [0.15, 0.2) is 5.82 Å². The van der Waals surface area contributed by atoms with Gasteiger partial charge in [0.1, 0.15) is 6.61 Å². The second-order valence-electron chi connectivity index (χ2n) is 7.03. The molecule has 2 N–H and O–H groups in total. The smallest absolute Gasteiger partial charge is 0.261 e. The van der Waals surface area contributed by atoms with Crippen molar-refractivity contribution in [1.29, 1.82) is 0 Å². The van der Waals surface area contributed by atoms with Crippen LogP contribution in [0, 0.1) is 0 Å². The molecule has 11 heteroatoms. The molecular formula is C21H20ClN5O4S. The number of carbonyl (C=O) groups excluding carboxylic acids is 3. The number of morpholine rings is 1. The third-order valence-electron chi connectivity index (χ3n) is 4.73. The number of anilines is 2. The molecule has 1 fully saturated rings. The molecule has 3 amide bonds. The van der Waals surface area contributed by atoms with E-state index in [2.05, 4.69) is 15.7 Å². The van der Waals surface area contributed by atoms with Crippen molar-refractivity contribution in [3.8, 4) is 5.69 Å². The van der Waals surface area contributed by atoms with Gasteiger partial charge in [0, 0.05) is 37.5 Å². The Morgan fingerprint density at radius 3 is 2.59 bits per heavy atom. The van der Waals surface area contributed by atoms with E-state index in [-0.39, 0.29) is 30.9 Å². The predicted molar refractivity (Wildman–Crippen MR) is 122 cm³/mol. The van der Waals surface area contributed by atoms with Gasteiger partial charge in [0.2, 0.25) is 5.91 Å². The fraction of sp³-hybridized carbons (Fsp3) is 0.238. The molecule has 1 aliphatic rings. The van der Waals surface area contributed by atoms with Crippen LogP contribution >= 0.6 is 22.9 Å². The zero-order valence-corrected chi connectivity index (χ0v) is 18.7. The quantitative estimate of drug-likeness (QED) is 0.572. The summed E-state index contributed by atoms with van der Waals surface area (Å²) in [7, 11) is 0. The number of nitrogens with zero attached hydrogens (tertiary/aromatic N) is 3. The Morgan fingerprint density at radius 2 is 1.94 bits per heavy atom.